The van der Waals surface area contributed by atoms with Gasteiger partial charge in [-0.25, -0.2) is 4.98 Å². The van der Waals surface area contributed by atoms with Gasteiger partial charge in [0.2, 0.25) is 0 Å². The smallest absolute Gasteiger partial charge is 0.311 e. The molecule has 0 saturated carbocycles. The first kappa shape index (κ1) is 11.6. The SMILES string of the molecule is Cc1nc2ccc(C(C(=O)O)C(C)C)cc2o1. The standard InChI is InChI=1S/C13H15NO3/c1-7(2)12(13(15)16)9-4-5-10-11(6-9)17-8(3)14-10/h4-7,12H,1-3H3,(H,15,16). The van der Waals surface area contributed by atoms with E-state index in [1.165, 1.54) is 0 Å². The van der Waals surface area contributed by atoms with Crippen molar-refractivity contribution in [3.05, 3.63) is 29.7 Å². The van der Waals surface area contributed by atoms with Crippen molar-refractivity contribution in [3.8, 4) is 0 Å². The molecule has 0 bridgehead atoms. The quantitative estimate of drug-likeness (QED) is 0.885. The van der Waals surface area contributed by atoms with Crippen molar-refractivity contribution in [1.82, 2.24) is 4.98 Å². The summed E-state index contributed by atoms with van der Waals surface area (Å²) >= 11 is 0. The Labute approximate surface area is 99.3 Å². The van der Waals surface area contributed by atoms with E-state index in [0.29, 0.717) is 11.5 Å². The molecule has 90 valence electrons. The van der Waals surface area contributed by atoms with Gasteiger partial charge in [0.15, 0.2) is 11.5 Å². The number of carboxylic acids is 1. The van der Waals surface area contributed by atoms with E-state index in [1.807, 2.05) is 19.9 Å². The zero-order valence-electron chi connectivity index (χ0n) is 10.1. The van der Waals surface area contributed by atoms with Gasteiger partial charge in [0.1, 0.15) is 5.52 Å². The van der Waals surface area contributed by atoms with Crippen LogP contribution in [0.4, 0.5) is 0 Å². The number of aryl methyl sites for hydroxylation is 1. The minimum atomic E-state index is -0.810. The Hall–Kier alpha value is -1.84. The van der Waals surface area contributed by atoms with E-state index in [1.54, 1.807) is 19.1 Å². The maximum atomic E-state index is 11.2. The fourth-order valence-corrected chi connectivity index (χ4v) is 2.06. The minimum absolute atomic E-state index is 0.0361. The van der Waals surface area contributed by atoms with Crippen LogP contribution in [0.25, 0.3) is 11.1 Å². The summed E-state index contributed by atoms with van der Waals surface area (Å²) in [5.41, 5.74) is 2.17. The average Bonchev–Trinajstić information content (AvgIpc) is 2.56. The number of oxazole rings is 1. The van der Waals surface area contributed by atoms with Gasteiger partial charge in [-0.1, -0.05) is 19.9 Å². The fraction of sp³-hybridized carbons (Fsp3) is 0.385. The third kappa shape index (κ3) is 2.16. The van der Waals surface area contributed by atoms with Crippen molar-refractivity contribution in [3.63, 3.8) is 0 Å². The fourth-order valence-electron chi connectivity index (χ4n) is 2.06. The lowest BCUT2D eigenvalue weighted by atomic mass is 9.88. The van der Waals surface area contributed by atoms with E-state index in [4.69, 9.17) is 4.42 Å². The molecule has 2 aromatic rings. The lowest BCUT2D eigenvalue weighted by Gasteiger charge is -2.16. The highest BCUT2D eigenvalue weighted by molar-refractivity contribution is 5.80. The molecule has 2 rings (SSSR count). The summed E-state index contributed by atoms with van der Waals surface area (Å²) in [7, 11) is 0. The Morgan fingerprint density at radius 1 is 1.41 bits per heavy atom. The van der Waals surface area contributed by atoms with Crippen LogP contribution in [0.1, 0.15) is 31.2 Å². The van der Waals surface area contributed by atoms with Crippen molar-refractivity contribution < 1.29 is 14.3 Å². The molecule has 0 saturated heterocycles. The predicted molar refractivity (Wildman–Crippen MR) is 64.0 cm³/mol. The largest absolute Gasteiger partial charge is 0.481 e. The number of hydrogen-bond acceptors (Lipinski definition) is 3. The molecule has 17 heavy (non-hydrogen) atoms. The Bertz CT molecular complexity index is 557. The maximum Gasteiger partial charge on any atom is 0.311 e. The van der Waals surface area contributed by atoms with Crippen LogP contribution in [0.2, 0.25) is 0 Å². The molecule has 0 aliphatic rings. The van der Waals surface area contributed by atoms with Gasteiger partial charge in [0, 0.05) is 6.92 Å². The van der Waals surface area contributed by atoms with Gasteiger partial charge in [-0.15, -0.1) is 0 Å². The van der Waals surface area contributed by atoms with E-state index in [2.05, 4.69) is 4.98 Å². The summed E-state index contributed by atoms with van der Waals surface area (Å²) in [6, 6.07) is 5.39. The molecule has 1 aromatic carbocycles. The molecule has 1 N–H and O–H groups in total. The van der Waals surface area contributed by atoms with E-state index in [-0.39, 0.29) is 5.92 Å². The van der Waals surface area contributed by atoms with Crippen molar-refractivity contribution in [2.24, 2.45) is 5.92 Å². The Morgan fingerprint density at radius 3 is 2.71 bits per heavy atom. The molecule has 0 spiro atoms. The molecule has 0 amide bonds. The monoisotopic (exact) mass is 233 g/mol. The number of aromatic nitrogens is 1. The predicted octanol–water partition coefficient (Wildman–Crippen LogP) is 2.96. The summed E-state index contributed by atoms with van der Waals surface area (Å²) in [4.78, 5) is 15.4. The normalized spacial score (nSPS) is 13.2. The molecule has 1 unspecified atom stereocenters. The van der Waals surface area contributed by atoms with Gasteiger partial charge in [-0.3, -0.25) is 4.79 Å². The van der Waals surface area contributed by atoms with Gasteiger partial charge < -0.3 is 9.52 Å². The summed E-state index contributed by atoms with van der Waals surface area (Å²) < 4.78 is 5.41. The highest BCUT2D eigenvalue weighted by Gasteiger charge is 2.24. The lowest BCUT2D eigenvalue weighted by molar-refractivity contribution is -0.139. The molecule has 0 aliphatic carbocycles. The summed E-state index contributed by atoms with van der Waals surface area (Å²) in [6.07, 6.45) is 0. The number of fused-ring (bicyclic) bond motifs is 1. The number of aliphatic carboxylic acids is 1. The number of carbonyl (C=O) groups is 1. The number of benzene rings is 1. The summed E-state index contributed by atoms with van der Waals surface area (Å²) in [5, 5.41) is 9.23. The van der Waals surface area contributed by atoms with E-state index in [0.717, 1.165) is 11.1 Å². The van der Waals surface area contributed by atoms with Crippen molar-refractivity contribution in [2.75, 3.05) is 0 Å². The molecule has 1 aromatic heterocycles. The zero-order valence-corrected chi connectivity index (χ0v) is 10.1. The number of carboxylic acid groups (broad SMARTS) is 1. The Morgan fingerprint density at radius 2 is 2.12 bits per heavy atom. The molecule has 0 aliphatic heterocycles. The van der Waals surface area contributed by atoms with Crippen LogP contribution in [0.15, 0.2) is 22.6 Å². The zero-order chi connectivity index (χ0) is 12.6. The summed E-state index contributed by atoms with van der Waals surface area (Å²) in [5.74, 6) is -0.692. The van der Waals surface area contributed by atoms with Crippen LogP contribution in [0.3, 0.4) is 0 Å². The third-order valence-corrected chi connectivity index (χ3v) is 2.81. The third-order valence-electron chi connectivity index (χ3n) is 2.81. The van der Waals surface area contributed by atoms with Gasteiger partial charge in [0.05, 0.1) is 5.92 Å². The van der Waals surface area contributed by atoms with Crippen LogP contribution in [-0.2, 0) is 4.79 Å². The van der Waals surface area contributed by atoms with Crippen LogP contribution >= 0.6 is 0 Å². The highest BCUT2D eigenvalue weighted by atomic mass is 16.4. The topological polar surface area (TPSA) is 63.3 Å². The second kappa shape index (κ2) is 4.20. The van der Waals surface area contributed by atoms with Gasteiger partial charge in [-0.2, -0.15) is 0 Å². The number of hydrogen-bond donors (Lipinski definition) is 1. The van der Waals surface area contributed by atoms with E-state index >= 15 is 0 Å². The van der Waals surface area contributed by atoms with E-state index < -0.39 is 11.9 Å². The molecule has 1 heterocycles. The van der Waals surface area contributed by atoms with Crippen LogP contribution < -0.4 is 0 Å². The van der Waals surface area contributed by atoms with E-state index in [9.17, 15) is 9.90 Å². The molecule has 0 fully saturated rings. The maximum absolute atomic E-state index is 11.2. The van der Waals surface area contributed by atoms with Gasteiger partial charge in [0.25, 0.3) is 0 Å². The van der Waals surface area contributed by atoms with Crippen LogP contribution in [0, 0.1) is 12.8 Å². The van der Waals surface area contributed by atoms with Crippen LogP contribution in [0.5, 0.6) is 0 Å². The second-order valence-corrected chi connectivity index (χ2v) is 4.52. The first-order chi connectivity index (χ1) is 7.99. The van der Waals surface area contributed by atoms with Crippen molar-refractivity contribution in [1.29, 1.82) is 0 Å². The average molecular weight is 233 g/mol. The number of rotatable bonds is 3. The van der Waals surface area contributed by atoms with Crippen molar-refractivity contribution >= 4 is 17.1 Å². The highest BCUT2D eigenvalue weighted by Crippen LogP contribution is 2.27. The van der Waals surface area contributed by atoms with Crippen molar-refractivity contribution in [2.45, 2.75) is 26.7 Å². The minimum Gasteiger partial charge on any atom is -0.481 e. The molecular formula is C13H15NO3. The Balaban J connectivity index is 2.50. The summed E-state index contributed by atoms with van der Waals surface area (Å²) in [6.45, 7) is 5.57. The molecular weight excluding hydrogens is 218 g/mol. The molecule has 0 radical (unpaired) electrons. The van der Waals surface area contributed by atoms with Crippen LogP contribution in [-0.4, -0.2) is 16.1 Å². The first-order valence-electron chi connectivity index (χ1n) is 5.59. The molecule has 1 atom stereocenters. The molecule has 4 nitrogen and oxygen atoms in total. The second-order valence-electron chi connectivity index (χ2n) is 4.52. The Kier molecular flexibility index (Phi) is 2.88. The molecule has 4 heteroatoms. The van der Waals surface area contributed by atoms with Gasteiger partial charge >= 0.3 is 5.97 Å². The number of nitrogens with zero attached hydrogens (tertiary/aromatic N) is 1. The van der Waals surface area contributed by atoms with Gasteiger partial charge in [-0.05, 0) is 23.6 Å². The first-order valence-corrected chi connectivity index (χ1v) is 5.59. The lowest BCUT2D eigenvalue weighted by Crippen LogP contribution is -2.17.